The first-order chi connectivity index (χ1) is 36.7. The first kappa shape index (κ1) is 43.1. The van der Waals surface area contributed by atoms with E-state index < -0.39 is 0 Å². The minimum absolute atomic E-state index is 0.0247. The van der Waals surface area contributed by atoms with Gasteiger partial charge in [0.1, 0.15) is 0 Å². The molecule has 0 saturated heterocycles. The van der Waals surface area contributed by atoms with Crippen LogP contribution < -0.4 is 42.0 Å². The minimum atomic E-state index is -0.0900. The van der Waals surface area contributed by atoms with Crippen LogP contribution in [-0.4, -0.2) is 17.3 Å². The van der Waals surface area contributed by atoms with Crippen LogP contribution in [0.15, 0.2) is 271 Å². The SMILES string of the molecule is Sc1cc2c(cc1B1Sc3ccccc3-c3cc(-n4c5ccccc5c5ccccc54)ccc31)B1c3ccccc3N(c3ccccc3)c3cc(N(c4ccccc4)c4ccccc4)cc(c31)N2c1ccccc1. The molecule has 3 aliphatic heterocycles. The standard InChI is InChI=1S/C66H44B2N4S2/c73-64-43-61-56(42-57(64)68-54-38-37-48(39-53(54)52-31-15-20-36-65(52)74-68)72-58-33-17-13-29-50(58)51-30-14-18-34-59(51)72)67-55-32-16-19-35-60(55)70(46-25-9-3-10-26-46)62-40-49(41-63(66(62)67)71(61)47-27-11-4-12-28-47)69(44-21-5-1-6-22-44)45-23-7-2-8-24-45/h1-43,73H. The minimum Gasteiger partial charge on any atom is -0.311 e. The van der Waals surface area contributed by atoms with Crippen molar-refractivity contribution in [1.82, 2.24) is 4.57 Å². The van der Waals surface area contributed by atoms with Gasteiger partial charge in [0.05, 0.1) is 16.7 Å². The van der Waals surface area contributed by atoms with Crippen LogP contribution in [-0.2, 0) is 0 Å². The molecule has 74 heavy (non-hydrogen) atoms. The van der Waals surface area contributed by atoms with Gasteiger partial charge in [0.2, 0.25) is 0 Å². The fourth-order valence-corrected chi connectivity index (χ4v) is 14.0. The van der Waals surface area contributed by atoms with Gasteiger partial charge in [-0.3, -0.25) is 0 Å². The summed E-state index contributed by atoms with van der Waals surface area (Å²) in [6, 6.07) is 95.7. The van der Waals surface area contributed by atoms with Gasteiger partial charge in [0, 0.05) is 71.7 Å². The largest absolute Gasteiger partial charge is 0.311 e. The lowest BCUT2D eigenvalue weighted by Gasteiger charge is -2.45. The van der Waals surface area contributed by atoms with Crippen LogP contribution in [0.3, 0.4) is 0 Å². The summed E-state index contributed by atoms with van der Waals surface area (Å²) in [5.41, 5.74) is 22.4. The van der Waals surface area contributed by atoms with Crippen LogP contribution in [0.2, 0.25) is 0 Å². The van der Waals surface area contributed by atoms with E-state index in [-0.39, 0.29) is 12.7 Å². The van der Waals surface area contributed by atoms with Crippen molar-refractivity contribution in [3.63, 3.8) is 0 Å². The second kappa shape index (κ2) is 17.3. The number of hydrogen-bond acceptors (Lipinski definition) is 5. The van der Waals surface area contributed by atoms with E-state index in [2.05, 4.69) is 280 Å². The highest BCUT2D eigenvalue weighted by Gasteiger charge is 2.45. The summed E-state index contributed by atoms with van der Waals surface area (Å²) in [7, 11) is 0. The molecule has 4 nitrogen and oxygen atoms in total. The van der Waals surface area contributed by atoms with E-state index in [1.807, 2.05) is 11.6 Å². The van der Waals surface area contributed by atoms with Crippen LogP contribution >= 0.6 is 24.2 Å². The summed E-state index contributed by atoms with van der Waals surface area (Å²) >= 11 is 7.51. The van der Waals surface area contributed by atoms with E-state index in [1.54, 1.807) is 0 Å². The Balaban J connectivity index is 0.976. The topological polar surface area (TPSA) is 14.7 Å². The van der Waals surface area contributed by atoms with Crippen molar-refractivity contribution in [3.8, 4) is 16.8 Å². The lowest BCUT2D eigenvalue weighted by molar-refractivity contribution is 1.18. The average Bonchev–Trinajstić information content (AvgIpc) is 3.87. The number of anilines is 9. The molecule has 15 rings (SSSR count). The summed E-state index contributed by atoms with van der Waals surface area (Å²) in [4.78, 5) is 9.61. The first-order valence-corrected chi connectivity index (χ1v) is 26.6. The summed E-state index contributed by atoms with van der Waals surface area (Å²) < 4.78 is 2.43. The molecule has 12 aromatic rings. The van der Waals surface area contributed by atoms with E-state index >= 15 is 0 Å². The van der Waals surface area contributed by atoms with Gasteiger partial charge in [-0.05, 0) is 136 Å². The smallest absolute Gasteiger partial charge is 0.282 e. The van der Waals surface area contributed by atoms with E-state index in [9.17, 15) is 0 Å². The van der Waals surface area contributed by atoms with Crippen molar-refractivity contribution in [1.29, 1.82) is 0 Å². The Kier molecular flexibility index (Phi) is 10.1. The van der Waals surface area contributed by atoms with Crippen molar-refractivity contribution in [3.05, 3.63) is 261 Å². The predicted octanol–water partition coefficient (Wildman–Crippen LogP) is 14.5. The zero-order valence-electron chi connectivity index (χ0n) is 40.1. The molecule has 0 fully saturated rings. The van der Waals surface area contributed by atoms with Crippen LogP contribution in [0.5, 0.6) is 0 Å². The maximum atomic E-state index is 5.58. The molecule has 0 amide bonds. The third-order valence-electron chi connectivity index (χ3n) is 15.3. The molecule has 0 saturated carbocycles. The number of hydrogen-bond donors (Lipinski definition) is 1. The quantitative estimate of drug-likeness (QED) is 0.126. The van der Waals surface area contributed by atoms with Crippen molar-refractivity contribution in [2.75, 3.05) is 14.7 Å². The van der Waals surface area contributed by atoms with Crippen molar-refractivity contribution >= 4 is 137 Å². The molecule has 0 spiro atoms. The molecule has 0 atom stereocenters. The Labute approximate surface area is 441 Å². The summed E-state index contributed by atoms with van der Waals surface area (Å²) in [6.45, 7) is -0.0900. The van der Waals surface area contributed by atoms with Gasteiger partial charge in [0.15, 0.2) is 0 Å². The Hall–Kier alpha value is -8.55. The highest BCUT2D eigenvalue weighted by molar-refractivity contribution is 8.28. The number of benzene rings is 11. The highest BCUT2D eigenvalue weighted by atomic mass is 32.2. The molecule has 8 heteroatoms. The summed E-state index contributed by atoms with van der Waals surface area (Å²) in [5.74, 6) is -0.0247. The third-order valence-corrected chi connectivity index (χ3v) is 17.0. The Morgan fingerprint density at radius 1 is 0.365 bits per heavy atom. The second-order valence-electron chi connectivity index (χ2n) is 19.3. The third kappa shape index (κ3) is 6.68. The molecular weight excluding hydrogens is 935 g/mol. The Morgan fingerprint density at radius 3 is 1.55 bits per heavy atom. The maximum Gasteiger partial charge on any atom is 0.282 e. The molecule has 0 N–H and O–H groups in total. The van der Waals surface area contributed by atoms with E-state index in [1.165, 1.54) is 70.8 Å². The molecule has 4 heterocycles. The molecule has 0 aliphatic carbocycles. The zero-order valence-corrected chi connectivity index (χ0v) is 41.8. The number of thiol groups is 1. The Morgan fingerprint density at radius 2 is 0.905 bits per heavy atom. The van der Waals surface area contributed by atoms with Gasteiger partial charge >= 0.3 is 0 Å². The van der Waals surface area contributed by atoms with Crippen molar-refractivity contribution in [2.24, 2.45) is 0 Å². The van der Waals surface area contributed by atoms with Crippen LogP contribution in [0, 0.1) is 0 Å². The number of rotatable bonds is 7. The molecule has 346 valence electrons. The monoisotopic (exact) mass is 978 g/mol. The van der Waals surface area contributed by atoms with Crippen molar-refractivity contribution < 1.29 is 0 Å². The predicted molar refractivity (Wildman–Crippen MR) is 319 cm³/mol. The molecule has 11 aromatic carbocycles. The van der Waals surface area contributed by atoms with Gasteiger partial charge in [-0.15, -0.1) is 12.6 Å². The summed E-state index contributed by atoms with van der Waals surface area (Å²) in [5, 5.41) is 2.52. The second-order valence-corrected chi connectivity index (χ2v) is 21.0. The Bertz CT molecular complexity index is 4080. The van der Waals surface area contributed by atoms with Crippen LogP contribution in [0.1, 0.15) is 0 Å². The van der Waals surface area contributed by atoms with Crippen molar-refractivity contribution in [2.45, 2.75) is 9.79 Å². The molecule has 0 radical (unpaired) electrons. The first-order valence-electron chi connectivity index (χ1n) is 25.3. The normalized spacial score (nSPS) is 13.0. The lowest BCUT2D eigenvalue weighted by Crippen LogP contribution is -2.62. The average molecular weight is 979 g/mol. The van der Waals surface area contributed by atoms with E-state index in [4.69, 9.17) is 12.6 Å². The maximum absolute atomic E-state index is 5.58. The molecule has 1 aromatic heterocycles. The number of para-hydroxylation sites is 7. The fourth-order valence-electron chi connectivity index (χ4n) is 12.2. The van der Waals surface area contributed by atoms with Gasteiger partial charge < -0.3 is 19.3 Å². The molecule has 0 unspecified atom stereocenters. The van der Waals surface area contributed by atoms with Crippen LogP contribution in [0.4, 0.5) is 51.2 Å². The molecule has 0 bridgehead atoms. The fraction of sp³-hybridized carbons (Fsp3) is 0. The van der Waals surface area contributed by atoms with Gasteiger partial charge in [0.25, 0.3) is 12.7 Å². The van der Waals surface area contributed by atoms with E-state index in [0.29, 0.717) is 0 Å². The van der Waals surface area contributed by atoms with Crippen LogP contribution in [0.25, 0.3) is 38.6 Å². The highest BCUT2D eigenvalue weighted by Crippen LogP contribution is 2.49. The lowest BCUT2D eigenvalue weighted by atomic mass is 9.33. The summed E-state index contributed by atoms with van der Waals surface area (Å²) in [6.07, 6.45) is 0. The number of aromatic nitrogens is 1. The number of fused-ring (bicyclic) bond motifs is 10. The molecular formula is C66H44B2N4S2. The van der Waals surface area contributed by atoms with Gasteiger partial charge in [-0.25, -0.2) is 0 Å². The van der Waals surface area contributed by atoms with Gasteiger partial charge in [-0.1, -0.05) is 163 Å². The van der Waals surface area contributed by atoms with Gasteiger partial charge in [-0.2, -0.15) is 11.6 Å². The molecule has 3 aliphatic rings. The number of nitrogens with zero attached hydrogens (tertiary/aromatic N) is 4. The zero-order chi connectivity index (χ0) is 48.9. The van der Waals surface area contributed by atoms with E-state index in [0.717, 1.165) is 56.1 Å².